The van der Waals surface area contributed by atoms with Gasteiger partial charge in [-0.05, 0) is 13.3 Å². The Labute approximate surface area is 85.1 Å². The molecule has 0 aliphatic carbocycles. The highest BCUT2D eigenvalue weighted by molar-refractivity contribution is 7.80. The van der Waals surface area contributed by atoms with Crippen LogP contribution in [0.4, 0.5) is 0 Å². The number of hydrogen-bond acceptors (Lipinski definition) is 2. The zero-order chi connectivity index (χ0) is 9.68. The van der Waals surface area contributed by atoms with Crippen molar-refractivity contribution in [3.63, 3.8) is 0 Å². The predicted octanol–water partition coefficient (Wildman–Crippen LogP) is 2.54. The van der Waals surface area contributed by atoms with Crippen molar-refractivity contribution in [1.29, 1.82) is 0 Å². The van der Waals surface area contributed by atoms with Crippen molar-refractivity contribution in [1.82, 2.24) is 9.78 Å². The maximum Gasteiger partial charge on any atom is 0.0564 e. The molecule has 0 unspecified atom stereocenters. The quantitative estimate of drug-likeness (QED) is 0.733. The summed E-state index contributed by atoms with van der Waals surface area (Å²) < 4.78 is 2.04. The third-order valence-corrected chi connectivity index (χ3v) is 2.19. The Morgan fingerprint density at radius 1 is 1.62 bits per heavy atom. The van der Waals surface area contributed by atoms with Crippen LogP contribution in [0, 0.1) is 6.92 Å². The van der Waals surface area contributed by atoms with Crippen molar-refractivity contribution in [2.24, 2.45) is 0 Å². The highest BCUT2D eigenvalue weighted by Crippen LogP contribution is 2.09. The number of rotatable bonds is 4. The van der Waals surface area contributed by atoms with Crippen LogP contribution in [-0.2, 0) is 6.54 Å². The van der Waals surface area contributed by atoms with E-state index in [0.29, 0.717) is 0 Å². The average molecular weight is 196 g/mol. The Hall–Kier alpha value is -0.700. The molecule has 1 aromatic rings. The van der Waals surface area contributed by atoms with Gasteiger partial charge in [0, 0.05) is 23.6 Å². The van der Waals surface area contributed by atoms with Gasteiger partial charge in [-0.1, -0.05) is 19.1 Å². The first-order valence-electron chi connectivity index (χ1n) is 4.59. The van der Waals surface area contributed by atoms with Gasteiger partial charge in [-0.15, -0.1) is 0 Å². The lowest BCUT2D eigenvalue weighted by Crippen LogP contribution is -2.00. The van der Waals surface area contributed by atoms with Crippen LogP contribution in [0.2, 0.25) is 0 Å². The molecule has 0 aliphatic heterocycles. The molecule has 0 bridgehead atoms. The van der Waals surface area contributed by atoms with Gasteiger partial charge in [-0.3, -0.25) is 4.68 Å². The molecular weight excluding hydrogens is 180 g/mol. The molecule has 0 spiro atoms. The lowest BCUT2D eigenvalue weighted by Gasteiger charge is -2.00. The lowest BCUT2D eigenvalue weighted by atomic mass is 10.2. The Balaban J connectivity index is 2.79. The molecule has 3 heteroatoms. The van der Waals surface area contributed by atoms with Crippen molar-refractivity contribution >= 4 is 18.7 Å². The van der Waals surface area contributed by atoms with Crippen LogP contribution in [-0.4, -0.2) is 15.5 Å². The molecule has 0 aromatic carbocycles. The van der Waals surface area contributed by atoms with E-state index in [2.05, 4.69) is 37.7 Å². The summed E-state index contributed by atoms with van der Waals surface area (Å²) in [5, 5.41) is 4.30. The van der Waals surface area contributed by atoms with Gasteiger partial charge in [-0.25, -0.2) is 0 Å². The Bertz CT molecular complexity index is 289. The number of aromatic nitrogens is 2. The third-order valence-electron chi connectivity index (χ3n) is 1.98. The number of hydrogen-bond donors (Lipinski definition) is 1. The normalized spacial score (nSPS) is 11.3. The van der Waals surface area contributed by atoms with E-state index in [4.69, 9.17) is 0 Å². The second kappa shape index (κ2) is 5.12. The summed E-state index contributed by atoms with van der Waals surface area (Å²) in [7, 11) is 0. The third kappa shape index (κ3) is 2.62. The lowest BCUT2D eigenvalue weighted by molar-refractivity contribution is 0.587. The Morgan fingerprint density at radius 2 is 2.38 bits per heavy atom. The van der Waals surface area contributed by atoms with Crippen LogP contribution < -0.4 is 0 Å². The van der Waals surface area contributed by atoms with Gasteiger partial charge in [-0.2, -0.15) is 17.7 Å². The van der Waals surface area contributed by atoms with E-state index >= 15 is 0 Å². The fourth-order valence-electron chi connectivity index (χ4n) is 1.24. The molecule has 0 saturated carbocycles. The van der Waals surface area contributed by atoms with Crippen LogP contribution in [0.15, 0.2) is 12.3 Å². The second-order valence-corrected chi connectivity index (χ2v) is 3.36. The first-order chi connectivity index (χ1) is 6.29. The van der Waals surface area contributed by atoms with Gasteiger partial charge < -0.3 is 0 Å². The molecule has 0 saturated heterocycles. The van der Waals surface area contributed by atoms with Crippen LogP contribution in [0.3, 0.4) is 0 Å². The van der Waals surface area contributed by atoms with Gasteiger partial charge in [0.1, 0.15) is 0 Å². The summed E-state index contributed by atoms with van der Waals surface area (Å²) >= 11 is 4.12. The molecular formula is C10H16N2S. The average Bonchev–Trinajstić information content (AvgIpc) is 2.46. The van der Waals surface area contributed by atoms with Crippen LogP contribution in [0.1, 0.15) is 24.6 Å². The van der Waals surface area contributed by atoms with E-state index in [0.717, 1.165) is 18.7 Å². The highest BCUT2D eigenvalue weighted by Gasteiger charge is 2.01. The van der Waals surface area contributed by atoms with E-state index in [1.54, 1.807) is 0 Å². The fraction of sp³-hybridized carbons (Fsp3) is 0.500. The summed E-state index contributed by atoms with van der Waals surface area (Å²) in [6.45, 7) is 5.26. The maximum atomic E-state index is 4.30. The van der Waals surface area contributed by atoms with Crippen LogP contribution in [0.25, 0.3) is 6.08 Å². The van der Waals surface area contributed by atoms with Crippen LogP contribution >= 0.6 is 12.6 Å². The summed E-state index contributed by atoms with van der Waals surface area (Å²) in [5.41, 5.74) is 2.43. The molecule has 2 nitrogen and oxygen atoms in total. The van der Waals surface area contributed by atoms with E-state index in [1.165, 1.54) is 11.3 Å². The number of nitrogens with zero attached hydrogens (tertiary/aromatic N) is 2. The largest absolute Gasteiger partial charge is 0.269 e. The Kier molecular flexibility index (Phi) is 4.09. The van der Waals surface area contributed by atoms with Gasteiger partial charge in [0.15, 0.2) is 0 Å². The van der Waals surface area contributed by atoms with E-state index in [1.807, 2.05) is 17.0 Å². The van der Waals surface area contributed by atoms with Gasteiger partial charge in [0.2, 0.25) is 0 Å². The van der Waals surface area contributed by atoms with Crippen molar-refractivity contribution in [2.45, 2.75) is 26.8 Å². The van der Waals surface area contributed by atoms with Crippen molar-refractivity contribution < 1.29 is 0 Å². The Morgan fingerprint density at radius 3 is 3.00 bits per heavy atom. The molecule has 0 N–H and O–H groups in total. The summed E-state index contributed by atoms with van der Waals surface area (Å²) in [5.74, 6) is 0.776. The van der Waals surface area contributed by atoms with Crippen LogP contribution in [0.5, 0.6) is 0 Å². The zero-order valence-corrected chi connectivity index (χ0v) is 9.09. The smallest absolute Gasteiger partial charge is 0.0564 e. The molecule has 1 heterocycles. The highest BCUT2D eigenvalue weighted by atomic mass is 32.1. The predicted molar refractivity (Wildman–Crippen MR) is 60.1 cm³/mol. The van der Waals surface area contributed by atoms with Gasteiger partial charge in [0.25, 0.3) is 0 Å². The van der Waals surface area contributed by atoms with E-state index < -0.39 is 0 Å². The minimum atomic E-state index is 0.776. The zero-order valence-electron chi connectivity index (χ0n) is 8.20. The first kappa shape index (κ1) is 10.4. The monoisotopic (exact) mass is 196 g/mol. The molecule has 0 fully saturated rings. The number of thiol groups is 1. The minimum Gasteiger partial charge on any atom is -0.269 e. The molecule has 0 amide bonds. The summed E-state index contributed by atoms with van der Waals surface area (Å²) in [6, 6.07) is 0. The first-order valence-corrected chi connectivity index (χ1v) is 5.22. The van der Waals surface area contributed by atoms with Crippen molar-refractivity contribution in [2.75, 3.05) is 5.75 Å². The molecule has 72 valence electrons. The second-order valence-electron chi connectivity index (χ2n) is 2.99. The van der Waals surface area contributed by atoms with Gasteiger partial charge in [0.05, 0.1) is 6.20 Å². The molecule has 1 aromatic heterocycles. The standard InChI is InChI=1S/C10H16N2S/c1-3-6-12-9(2)10(8-11-12)5-4-7-13/h4-5,8,13H,3,6-7H2,1-2H3. The summed E-state index contributed by atoms with van der Waals surface area (Å²) in [4.78, 5) is 0. The summed E-state index contributed by atoms with van der Waals surface area (Å²) in [6.07, 6.45) is 7.13. The van der Waals surface area contributed by atoms with E-state index in [-0.39, 0.29) is 0 Å². The van der Waals surface area contributed by atoms with Gasteiger partial charge >= 0.3 is 0 Å². The van der Waals surface area contributed by atoms with Crippen molar-refractivity contribution in [3.8, 4) is 0 Å². The molecule has 1 rings (SSSR count). The maximum absolute atomic E-state index is 4.30. The van der Waals surface area contributed by atoms with E-state index in [9.17, 15) is 0 Å². The van der Waals surface area contributed by atoms with Crippen molar-refractivity contribution in [3.05, 3.63) is 23.5 Å². The molecule has 0 atom stereocenters. The number of aryl methyl sites for hydroxylation is 1. The fourth-order valence-corrected chi connectivity index (χ4v) is 1.35. The SMILES string of the molecule is CCCn1ncc(C=CCS)c1C. The minimum absolute atomic E-state index is 0.776. The molecule has 0 radical (unpaired) electrons. The molecule has 0 aliphatic rings. The topological polar surface area (TPSA) is 17.8 Å². The molecule has 13 heavy (non-hydrogen) atoms.